The number of carbonyl (C=O) groups is 6. The first-order chi connectivity index (χ1) is 20.8. The van der Waals surface area contributed by atoms with Gasteiger partial charge in [0.1, 0.15) is 25.3 Å². The molecule has 0 radical (unpaired) electrons. The van der Waals surface area contributed by atoms with Gasteiger partial charge < -0.3 is 50.4 Å². The molecule has 254 valence electrons. The van der Waals surface area contributed by atoms with Crippen LogP contribution in [0.2, 0.25) is 0 Å². The summed E-state index contributed by atoms with van der Waals surface area (Å²) >= 11 is 0. The number of carbonyl (C=O) groups excluding carboxylic acids is 4. The number of amides is 3. The Bertz CT molecular complexity index is 885. The minimum atomic E-state index is -1.30. The van der Waals surface area contributed by atoms with Crippen LogP contribution in [0.4, 0.5) is 0 Å². The number of nitrogens with one attached hydrogen (secondary N) is 4. The van der Waals surface area contributed by atoms with Gasteiger partial charge in [-0.15, -0.1) is 0 Å². The summed E-state index contributed by atoms with van der Waals surface area (Å²) in [6, 6.07) is -2.34. The summed E-state index contributed by atoms with van der Waals surface area (Å²) in [5.41, 5.74) is 0. The van der Waals surface area contributed by atoms with Crippen molar-refractivity contribution in [3.8, 4) is 0 Å². The highest BCUT2D eigenvalue weighted by Gasteiger charge is 2.23. The van der Waals surface area contributed by atoms with Gasteiger partial charge in [0.05, 0.1) is 39.6 Å². The number of carboxylic acids is 2. The summed E-state index contributed by atoms with van der Waals surface area (Å²) in [6.07, 6.45) is -0.493. The van der Waals surface area contributed by atoms with Crippen LogP contribution in [-0.4, -0.2) is 130 Å². The monoisotopic (exact) mass is 634 g/mol. The van der Waals surface area contributed by atoms with Crippen LogP contribution < -0.4 is 21.3 Å². The summed E-state index contributed by atoms with van der Waals surface area (Å²) in [6.45, 7) is 8.93. The molecule has 6 N–H and O–H groups in total. The van der Waals surface area contributed by atoms with Gasteiger partial charge in [0.25, 0.3) is 0 Å². The van der Waals surface area contributed by atoms with Gasteiger partial charge in [0.15, 0.2) is 5.78 Å². The molecule has 0 spiro atoms. The van der Waals surface area contributed by atoms with E-state index in [4.69, 9.17) is 18.9 Å². The van der Waals surface area contributed by atoms with Gasteiger partial charge in [-0.25, -0.2) is 4.79 Å². The fraction of sp³-hybridized carbons (Fsp3) is 0.786. The predicted molar refractivity (Wildman–Crippen MR) is 157 cm³/mol. The number of ketones is 1. The van der Waals surface area contributed by atoms with E-state index in [1.807, 2.05) is 0 Å². The maximum atomic E-state index is 12.1. The Morgan fingerprint density at radius 3 is 1.59 bits per heavy atom. The molecule has 0 bridgehead atoms. The summed E-state index contributed by atoms with van der Waals surface area (Å²) in [5, 5.41) is 28.9. The molecule has 16 heteroatoms. The minimum absolute atomic E-state index is 0.0125. The number of carboxylic acid groups (broad SMARTS) is 2. The molecule has 0 rings (SSSR count). The van der Waals surface area contributed by atoms with Crippen molar-refractivity contribution in [1.82, 2.24) is 21.3 Å². The number of aliphatic carboxylic acids is 2. The first-order valence-electron chi connectivity index (χ1n) is 14.7. The van der Waals surface area contributed by atoms with Crippen molar-refractivity contribution in [2.45, 2.75) is 71.5 Å². The number of rotatable bonds is 28. The molecule has 0 unspecified atom stereocenters. The Hall–Kier alpha value is -3.18. The van der Waals surface area contributed by atoms with Gasteiger partial charge in [0, 0.05) is 37.9 Å². The highest BCUT2D eigenvalue weighted by molar-refractivity contribution is 5.85. The lowest BCUT2D eigenvalue weighted by Gasteiger charge is -2.18. The molecule has 0 aromatic rings. The molecule has 44 heavy (non-hydrogen) atoms. The second-order valence-electron chi connectivity index (χ2n) is 10.4. The number of hydrogen-bond acceptors (Lipinski definition) is 11. The van der Waals surface area contributed by atoms with Crippen LogP contribution in [0.15, 0.2) is 0 Å². The molecule has 3 amide bonds. The van der Waals surface area contributed by atoms with Crippen molar-refractivity contribution in [2.75, 3.05) is 65.9 Å². The highest BCUT2D eigenvalue weighted by Crippen LogP contribution is 2.03. The van der Waals surface area contributed by atoms with Gasteiger partial charge in [0.2, 0.25) is 17.7 Å². The van der Waals surface area contributed by atoms with Crippen molar-refractivity contribution in [3.63, 3.8) is 0 Å². The van der Waals surface area contributed by atoms with E-state index >= 15 is 0 Å². The van der Waals surface area contributed by atoms with Crippen molar-refractivity contribution >= 4 is 35.4 Å². The number of ether oxygens (including phenoxy) is 4. The third kappa shape index (κ3) is 23.3. The number of Topliss-reactive ketones (excluding diaryl/α,β-unsaturated/α-hetero) is 1. The summed E-state index contributed by atoms with van der Waals surface area (Å²) in [4.78, 5) is 70.1. The molecule has 0 aromatic heterocycles. The fourth-order valence-electron chi connectivity index (χ4n) is 3.36. The maximum Gasteiger partial charge on any atom is 0.326 e. The highest BCUT2D eigenvalue weighted by atomic mass is 16.5. The van der Waals surface area contributed by atoms with E-state index in [9.17, 15) is 39.0 Å². The van der Waals surface area contributed by atoms with E-state index in [-0.39, 0.29) is 88.9 Å². The average Bonchev–Trinajstić information content (AvgIpc) is 2.95. The van der Waals surface area contributed by atoms with Crippen LogP contribution in [0, 0.1) is 5.92 Å². The van der Waals surface area contributed by atoms with E-state index in [1.54, 1.807) is 27.7 Å². The Morgan fingerprint density at radius 2 is 1.07 bits per heavy atom. The van der Waals surface area contributed by atoms with Crippen LogP contribution in [0.5, 0.6) is 0 Å². The Balaban J connectivity index is 3.86. The second-order valence-corrected chi connectivity index (χ2v) is 10.4. The third-order valence-corrected chi connectivity index (χ3v) is 5.79. The third-order valence-electron chi connectivity index (χ3n) is 5.79. The van der Waals surface area contributed by atoms with Crippen LogP contribution in [0.1, 0.15) is 53.4 Å². The van der Waals surface area contributed by atoms with Gasteiger partial charge in [-0.05, 0) is 12.8 Å². The standard InChI is InChI=1S/C28H50N4O12/c1-19(2)23(33)17-43-15-13-42-12-10-30-26(36)18-44-16-14-41-11-9-29-24(34)7-5-22(28(39)40)32-25(35)8-6-21(27(37)38)31-20(3)4/h19-22,31H,5-18H2,1-4H3,(H,29,34)(H,30,36)(H,32,35)(H,37,38)(H,39,40)/t21-,22-/m0/s1. The zero-order chi connectivity index (χ0) is 33.3. The smallest absolute Gasteiger partial charge is 0.326 e. The van der Waals surface area contributed by atoms with E-state index in [0.717, 1.165) is 0 Å². The van der Waals surface area contributed by atoms with E-state index < -0.39 is 35.8 Å². The molecule has 16 nitrogen and oxygen atoms in total. The SMILES string of the molecule is CC(C)N[C@@H](CCC(=O)N[C@@H](CCC(=O)NCCOCCOCC(=O)NCCOCCOCC(=O)C(C)C)C(=O)O)C(=O)O. The van der Waals surface area contributed by atoms with E-state index in [2.05, 4.69) is 21.3 Å². The average molecular weight is 635 g/mol. The van der Waals surface area contributed by atoms with Gasteiger partial charge in [-0.3, -0.25) is 24.0 Å². The Kier molecular flexibility index (Phi) is 23.4. The van der Waals surface area contributed by atoms with Gasteiger partial charge >= 0.3 is 11.9 Å². The lowest BCUT2D eigenvalue weighted by molar-refractivity contribution is -0.143. The Morgan fingerprint density at radius 1 is 0.591 bits per heavy atom. The molecule has 0 heterocycles. The summed E-state index contributed by atoms with van der Waals surface area (Å²) in [7, 11) is 0. The molecule has 0 aliphatic rings. The molecule has 0 saturated carbocycles. The lowest BCUT2D eigenvalue weighted by atomic mass is 10.1. The molecule has 0 aromatic carbocycles. The summed E-state index contributed by atoms with van der Waals surface area (Å²) in [5.74, 6) is -3.80. The molecular formula is C28H50N4O12. The number of hydrogen-bond donors (Lipinski definition) is 6. The molecule has 0 saturated heterocycles. The molecular weight excluding hydrogens is 584 g/mol. The first kappa shape index (κ1) is 40.8. The summed E-state index contributed by atoms with van der Waals surface area (Å²) < 4.78 is 21.0. The predicted octanol–water partition coefficient (Wildman–Crippen LogP) is -0.909. The van der Waals surface area contributed by atoms with Crippen LogP contribution in [0.25, 0.3) is 0 Å². The normalized spacial score (nSPS) is 12.5. The van der Waals surface area contributed by atoms with Gasteiger partial charge in [-0.1, -0.05) is 27.7 Å². The minimum Gasteiger partial charge on any atom is -0.480 e. The van der Waals surface area contributed by atoms with E-state index in [0.29, 0.717) is 26.4 Å². The Labute approximate surface area is 258 Å². The topological polar surface area (TPSA) is 228 Å². The van der Waals surface area contributed by atoms with Crippen LogP contribution >= 0.6 is 0 Å². The maximum absolute atomic E-state index is 12.1. The zero-order valence-corrected chi connectivity index (χ0v) is 26.2. The van der Waals surface area contributed by atoms with Crippen molar-refractivity contribution in [3.05, 3.63) is 0 Å². The fourth-order valence-corrected chi connectivity index (χ4v) is 3.36. The lowest BCUT2D eigenvalue weighted by Crippen LogP contribution is -2.44. The molecule has 0 aliphatic carbocycles. The van der Waals surface area contributed by atoms with Crippen molar-refractivity contribution < 1.29 is 57.9 Å². The van der Waals surface area contributed by atoms with Crippen molar-refractivity contribution in [2.24, 2.45) is 5.92 Å². The van der Waals surface area contributed by atoms with Crippen LogP contribution in [0.3, 0.4) is 0 Å². The van der Waals surface area contributed by atoms with Crippen molar-refractivity contribution in [1.29, 1.82) is 0 Å². The van der Waals surface area contributed by atoms with Crippen LogP contribution in [-0.2, 0) is 47.7 Å². The molecule has 0 aliphatic heterocycles. The quantitative estimate of drug-likeness (QED) is 0.0574. The van der Waals surface area contributed by atoms with E-state index in [1.165, 1.54) is 0 Å². The molecule has 0 fully saturated rings. The zero-order valence-electron chi connectivity index (χ0n) is 26.2. The largest absolute Gasteiger partial charge is 0.480 e. The van der Waals surface area contributed by atoms with Gasteiger partial charge in [-0.2, -0.15) is 0 Å². The second kappa shape index (κ2) is 25.2. The molecule has 2 atom stereocenters. The first-order valence-corrected chi connectivity index (χ1v) is 14.7.